The van der Waals surface area contributed by atoms with E-state index in [2.05, 4.69) is 17.1 Å². The van der Waals surface area contributed by atoms with Crippen LogP contribution in [0.5, 0.6) is 0 Å². The van der Waals surface area contributed by atoms with Gasteiger partial charge in [0.1, 0.15) is 0 Å². The average Bonchev–Trinajstić information content (AvgIpc) is 2.41. The van der Waals surface area contributed by atoms with Crippen LogP contribution in [0.2, 0.25) is 0 Å². The second-order valence-electron chi connectivity index (χ2n) is 5.55. The van der Waals surface area contributed by atoms with E-state index >= 15 is 0 Å². The first-order valence-corrected chi connectivity index (χ1v) is 7.42. The molecule has 3 nitrogen and oxygen atoms in total. The van der Waals surface area contributed by atoms with Crippen LogP contribution in [0, 0.1) is 5.92 Å². The van der Waals surface area contributed by atoms with Crippen molar-refractivity contribution in [2.75, 3.05) is 39.4 Å². The smallest absolute Gasteiger partial charge is 0.0621 e. The Hall–Kier alpha value is -0.120. The highest BCUT2D eigenvalue weighted by Crippen LogP contribution is 2.22. The zero-order chi connectivity index (χ0) is 11.9. The zero-order valence-electron chi connectivity index (χ0n) is 11.3. The summed E-state index contributed by atoms with van der Waals surface area (Å²) >= 11 is 0. The Bertz CT molecular complexity index is 196. The van der Waals surface area contributed by atoms with E-state index in [0.717, 1.165) is 19.1 Å². The number of ether oxygens (including phenoxy) is 1. The lowest BCUT2D eigenvalue weighted by atomic mass is 9.94. The number of hydrogen-bond acceptors (Lipinski definition) is 3. The minimum Gasteiger partial charge on any atom is -0.380 e. The van der Waals surface area contributed by atoms with E-state index < -0.39 is 0 Å². The molecule has 0 aliphatic carbocycles. The van der Waals surface area contributed by atoms with Crippen LogP contribution in [0.4, 0.5) is 0 Å². The quantitative estimate of drug-likeness (QED) is 0.743. The highest BCUT2D eigenvalue weighted by atomic mass is 16.5. The predicted molar refractivity (Wildman–Crippen MR) is 71.3 cm³/mol. The maximum absolute atomic E-state index is 5.59. The molecular formula is C14H28N2O. The van der Waals surface area contributed by atoms with Crippen LogP contribution in [0.3, 0.4) is 0 Å². The summed E-state index contributed by atoms with van der Waals surface area (Å²) in [7, 11) is 0. The van der Waals surface area contributed by atoms with Gasteiger partial charge in [0, 0.05) is 12.6 Å². The van der Waals surface area contributed by atoms with Gasteiger partial charge in [-0.3, -0.25) is 4.90 Å². The van der Waals surface area contributed by atoms with Crippen LogP contribution in [0.15, 0.2) is 0 Å². The van der Waals surface area contributed by atoms with Gasteiger partial charge in [-0.1, -0.05) is 6.92 Å². The van der Waals surface area contributed by atoms with Gasteiger partial charge >= 0.3 is 0 Å². The molecule has 2 fully saturated rings. The third-order valence-electron chi connectivity index (χ3n) is 4.16. The third-order valence-corrected chi connectivity index (χ3v) is 4.16. The van der Waals surface area contributed by atoms with Crippen molar-refractivity contribution in [3.8, 4) is 0 Å². The number of hydrogen-bond donors (Lipinski definition) is 1. The van der Waals surface area contributed by atoms with Crippen LogP contribution in [-0.2, 0) is 4.74 Å². The number of nitrogens with one attached hydrogen (secondary N) is 1. The van der Waals surface area contributed by atoms with Crippen molar-refractivity contribution in [2.24, 2.45) is 5.92 Å². The van der Waals surface area contributed by atoms with Gasteiger partial charge in [0.2, 0.25) is 0 Å². The highest BCUT2D eigenvalue weighted by Gasteiger charge is 2.26. The Morgan fingerprint density at radius 1 is 1.24 bits per heavy atom. The molecule has 0 spiro atoms. The molecule has 2 saturated heterocycles. The van der Waals surface area contributed by atoms with E-state index in [4.69, 9.17) is 4.74 Å². The maximum atomic E-state index is 5.59. The molecule has 1 unspecified atom stereocenters. The van der Waals surface area contributed by atoms with E-state index in [-0.39, 0.29) is 0 Å². The van der Waals surface area contributed by atoms with Gasteiger partial charge in [-0.05, 0) is 64.2 Å². The van der Waals surface area contributed by atoms with Crippen LogP contribution < -0.4 is 5.32 Å². The largest absolute Gasteiger partial charge is 0.380 e. The Kier molecular flexibility index (Phi) is 5.75. The number of nitrogens with zero attached hydrogens (tertiary/aromatic N) is 1. The first kappa shape index (κ1) is 13.3. The topological polar surface area (TPSA) is 24.5 Å². The molecule has 1 N–H and O–H groups in total. The average molecular weight is 240 g/mol. The fourth-order valence-electron chi connectivity index (χ4n) is 3.02. The van der Waals surface area contributed by atoms with Crippen LogP contribution in [-0.4, -0.2) is 50.3 Å². The van der Waals surface area contributed by atoms with Crippen molar-refractivity contribution in [1.29, 1.82) is 0 Å². The number of piperidine rings is 1. The Balaban J connectivity index is 1.63. The van der Waals surface area contributed by atoms with Crippen molar-refractivity contribution in [3.63, 3.8) is 0 Å². The molecule has 0 saturated carbocycles. The van der Waals surface area contributed by atoms with Gasteiger partial charge in [0.25, 0.3) is 0 Å². The van der Waals surface area contributed by atoms with Crippen LogP contribution in [0.25, 0.3) is 0 Å². The minimum atomic E-state index is 0.716. The van der Waals surface area contributed by atoms with E-state index in [9.17, 15) is 0 Å². The zero-order valence-corrected chi connectivity index (χ0v) is 11.3. The Morgan fingerprint density at radius 3 is 2.71 bits per heavy atom. The summed E-state index contributed by atoms with van der Waals surface area (Å²) in [5.41, 5.74) is 0. The van der Waals surface area contributed by atoms with Gasteiger partial charge in [0.05, 0.1) is 6.61 Å². The predicted octanol–water partition coefficient (Wildman–Crippen LogP) is 1.88. The highest BCUT2D eigenvalue weighted by molar-refractivity contribution is 4.80. The second-order valence-corrected chi connectivity index (χ2v) is 5.55. The standard InChI is InChI=1S/C14H28N2O/c1-2-7-15-11-13-5-8-16(9-6-13)14-4-3-10-17-12-14/h13-15H,2-12H2,1H3. The number of rotatable bonds is 5. The molecule has 17 heavy (non-hydrogen) atoms. The fraction of sp³-hybridized carbons (Fsp3) is 1.00. The lowest BCUT2D eigenvalue weighted by Crippen LogP contribution is -2.46. The summed E-state index contributed by atoms with van der Waals surface area (Å²) in [6, 6.07) is 0.716. The molecule has 1 atom stereocenters. The Labute approximate surface area is 106 Å². The van der Waals surface area contributed by atoms with Crippen molar-refractivity contribution in [1.82, 2.24) is 10.2 Å². The molecule has 0 aromatic rings. The van der Waals surface area contributed by atoms with E-state index in [1.165, 1.54) is 58.3 Å². The second kappa shape index (κ2) is 7.34. The summed E-state index contributed by atoms with van der Waals surface area (Å²) in [6.07, 6.45) is 6.58. The monoisotopic (exact) mass is 240 g/mol. The summed E-state index contributed by atoms with van der Waals surface area (Å²) in [4.78, 5) is 2.66. The molecule has 100 valence electrons. The van der Waals surface area contributed by atoms with Crippen molar-refractivity contribution in [2.45, 2.75) is 45.1 Å². The van der Waals surface area contributed by atoms with Crippen molar-refractivity contribution in [3.05, 3.63) is 0 Å². The molecule has 0 aromatic heterocycles. The molecule has 2 aliphatic rings. The summed E-state index contributed by atoms with van der Waals surface area (Å²) in [5.74, 6) is 0.905. The molecule has 0 bridgehead atoms. The first-order valence-electron chi connectivity index (χ1n) is 7.42. The molecule has 0 aromatic carbocycles. The van der Waals surface area contributed by atoms with E-state index in [1.54, 1.807) is 0 Å². The lowest BCUT2D eigenvalue weighted by molar-refractivity contribution is 0.00501. The normalized spacial score (nSPS) is 28.4. The van der Waals surface area contributed by atoms with Gasteiger partial charge in [-0.2, -0.15) is 0 Å². The third kappa shape index (κ3) is 4.23. The SMILES string of the molecule is CCCNCC1CCN(C2CCCOC2)CC1. The maximum Gasteiger partial charge on any atom is 0.0621 e. The van der Waals surface area contributed by atoms with Gasteiger partial charge in [-0.25, -0.2) is 0 Å². The van der Waals surface area contributed by atoms with Gasteiger partial charge < -0.3 is 10.1 Å². The lowest BCUT2D eigenvalue weighted by Gasteiger charge is -2.39. The van der Waals surface area contributed by atoms with Crippen LogP contribution in [0.1, 0.15) is 39.0 Å². The molecule has 0 radical (unpaired) electrons. The molecule has 2 heterocycles. The van der Waals surface area contributed by atoms with Crippen LogP contribution >= 0.6 is 0 Å². The fourth-order valence-corrected chi connectivity index (χ4v) is 3.02. The Morgan fingerprint density at radius 2 is 2.06 bits per heavy atom. The van der Waals surface area contributed by atoms with Gasteiger partial charge in [0.15, 0.2) is 0 Å². The van der Waals surface area contributed by atoms with E-state index in [1.807, 2.05) is 0 Å². The minimum absolute atomic E-state index is 0.716. The molecule has 3 heteroatoms. The molecule has 2 aliphatic heterocycles. The summed E-state index contributed by atoms with van der Waals surface area (Å²) < 4.78 is 5.59. The summed E-state index contributed by atoms with van der Waals surface area (Å²) in [5, 5.41) is 3.56. The van der Waals surface area contributed by atoms with Crippen molar-refractivity contribution >= 4 is 0 Å². The molecule has 0 amide bonds. The number of likely N-dealkylation sites (tertiary alicyclic amines) is 1. The van der Waals surface area contributed by atoms with Crippen molar-refractivity contribution < 1.29 is 4.74 Å². The molecular weight excluding hydrogens is 212 g/mol. The molecule has 2 rings (SSSR count). The summed E-state index contributed by atoms with van der Waals surface area (Å²) in [6.45, 7) is 9.16. The van der Waals surface area contributed by atoms with Gasteiger partial charge in [-0.15, -0.1) is 0 Å². The van der Waals surface area contributed by atoms with E-state index in [0.29, 0.717) is 6.04 Å². The first-order chi connectivity index (χ1) is 8.40.